The molecule has 1 aromatic rings. The lowest BCUT2D eigenvalue weighted by Crippen LogP contribution is -2.36. The number of hydrogen-bond donors (Lipinski definition) is 1. The van der Waals surface area contributed by atoms with Crippen LogP contribution >= 0.6 is 11.3 Å². The van der Waals surface area contributed by atoms with Gasteiger partial charge in [-0.1, -0.05) is 6.92 Å². The summed E-state index contributed by atoms with van der Waals surface area (Å²) in [5, 5.41) is 4.77. The van der Waals surface area contributed by atoms with Gasteiger partial charge in [-0.2, -0.15) is 0 Å². The van der Waals surface area contributed by atoms with Crippen molar-refractivity contribution >= 4 is 11.3 Å². The van der Waals surface area contributed by atoms with Crippen molar-refractivity contribution in [1.82, 2.24) is 10.3 Å². The van der Waals surface area contributed by atoms with Crippen molar-refractivity contribution in [2.75, 3.05) is 7.11 Å². The maximum atomic E-state index is 5.46. The van der Waals surface area contributed by atoms with Crippen molar-refractivity contribution in [3.8, 4) is 0 Å². The van der Waals surface area contributed by atoms with E-state index in [1.165, 1.54) is 9.88 Å². The van der Waals surface area contributed by atoms with Gasteiger partial charge < -0.3 is 10.1 Å². The van der Waals surface area contributed by atoms with Gasteiger partial charge in [0.2, 0.25) is 0 Å². The largest absolute Gasteiger partial charge is 0.379 e. The molecule has 0 aromatic carbocycles. The molecule has 1 heterocycles. The molecular weight excluding hydrogens is 244 g/mol. The van der Waals surface area contributed by atoms with Crippen LogP contribution in [0.5, 0.6) is 0 Å². The van der Waals surface area contributed by atoms with Crippen LogP contribution in [0, 0.1) is 0 Å². The number of ether oxygens (including phenoxy) is 1. The molecule has 2 unspecified atom stereocenters. The molecule has 18 heavy (non-hydrogen) atoms. The molecule has 0 bridgehead atoms. The van der Waals surface area contributed by atoms with E-state index in [0.717, 1.165) is 12.8 Å². The third-order valence-electron chi connectivity index (χ3n) is 3.18. The van der Waals surface area contributed by atoms with Crippen molar-refractivity contribution < 1.29 is 4.74 Å². The van der Waals surface area contributed by atoms with Crippen LogP contribution in [0.15, 0.2) is 6.20 Å². The Labute approximate surface area is 115 Å². The van der Waals surface area contributed by atoms with E-state index in [-0.39, 0.29) is 5.60 Å². The van der Waals surface area contributed by atoms with Crippen molar-refractivity contribution in [2.24, 2.45) is 0 Å². The average Bonchev–Trinajstić information content (AvgIpc) is 2.76. The van der Waals surface area contributed by atoms with Crippen LogP contribution in [0.1, 0.15) is 57.0 Å². The minimum absolute atomic E-state index is 0.0798. The topological polar surface area (TPSA) is 34.2 Å². The predicted octanol–water partition coefficient (Wildman–Crippen LogP) is 3.56. The minimum Gasteiger partial charge on any atom is -0.379 e. The summed E-state index contributed by atoms with van der Waals surface area (Å²) in [4.78, 5) is 5.83. The number of aryl methyl sites for hydroxylation is 1. The normalized spacial score (nSPS) is 15.7. The van der Waals surface area contributed by atoms with Crippen molar-refractivity contribution in [1.29, 1.82) is 0 Å². The second-order valence-corrected chi connectivity index (χ2v) is 6.62. The summed E-state index contributed by atoms with van der Waals surface area (Å²) >= 11 is 1.80. The number of aromatic nitrogens is 1. The fourth-order valence-corrected chi connectivity index (χ4v) is 2.93. The summed E-state index contributed by atoms with van der Waals surface area (Å²) < 4.78 is 5.46. The highest BCUT2D eigenvalue weighted by molar-refractivity contribution is 7.11. The van der Waals surface area contributed by atoms with Crippen LogP contribution in [0.2, 0.25) is 0 Å². The third kappa shape index (κ3) is 4.67. The van der Waals surface area contributed by atoms with E-state index in [4.69, 9.17) is 4.74 Å². The Morgan fingerprint density at radius 3 is 2.61 bits per heavy atom. The zero-order valence-electron chi connectivity index (χ0n) is 12.4. The Balaban J connectivity index is 2.51. The molecule has 1 N–H and O–H groups in total. The molecular formula is C14H26N2OS. The summed E-state index contributed by atoms with van der Waals surface area (Å²) in [6.07, 6.45) is 4.04. The Morgan fingerprint density at radius 2 is 2.11 bits per heavy atom. The lowest BCUT2D eigenvalue weighted by molar-refractivity contribution is 0.00782. The van der Waals surface area contributed by atoms with Crippen molar-refractivity contribution in [3.05, 3.63) is 16.1 Å². The van der Waals surface area contributed by atoms with E-state index in [0.29, 0.717) is 12.1 Å². The fourth-order valence-electron chi connectivity index (χ4n) is 2.06. The third-order valence-corrected chi connectivity index (χ3v) is 4.50. The molecule has 0 fully saturated rings. The number of nitrogens with one attached hydrogen (secondary N) is 1. The molecule has 2 atom stereocenters. The first-order chi connectivity index (χ1) is 8.38. The maximum Gasteiger partial charge on any atom is 0.109 e. The van der Waals surface area contributed by atoms with Crippen LogP contribution in [-0.2, 0) is 11.2 Å². The molecule has 4 heteroatoms. The van der Waals surface area contributed by atoms with Crippen LogP contribution in [0.4, 0.5) is 0 Å². The van der Waals surface area contributed by atoms with E-state index in [2.05, 4.69) is 44.9 Å². The standard InChI is InChI=1S/C14H26N2OS/c1-7-12-9-15-13(18-12)11(3)16-10(2)8-14(4,5)17-6/h9-11,16H,7-8H2,1-6H3. The maximum absolute atomic E-state index is 5.46. The average molecular weight is 270 g/mol. The summed E-state index contributed by atoms with van der Waals surface area (Å²) in [6.45, 7) is 10.8. The van der Waals surface area contributed by atoms with Crippen LogP contribution in [-0.4, -0.2) is 23.7 Å². The molecule has 0 aliphatic carbocycles. The van der Waals surface area contributed by atoms with Gasteiger partial charge in [-0.3, -0.25) is 0 Å². The molecule has 1 aromatic heterocycles. The molecule has 0 radical (unpaired) electrons. The second-order valence-electron chi connectivity index (χ2n) is 5.48. The Bertz CT molecular complexity index is 362. The summed E-state index contributed by atoms with van der Waals surface area (Å²) in [5.74, 6) is 0. The zero-order chi connectivity index (χ0) is 13.8. The van der Waals surface area contributed by atoms with E-state index in [1.54, 1.807) is 18.4 Å². The van der Waals surface area contributed by atoms with Gasteiger partial charge in [0.05, 0.1) is 11.6 Å². The molecule has 3 nitrogen and oxygen atoms in total. The molecule has 0 aliphatic heterocycles. The van der Waals surface area contributed by atoms with Gasteiger partial charge in [0, 0.05) is 24.2 Å². The van der Waals surface area contributed by atoms with E-state index in [1.807, 2.05) is 6.20 Å². The lowest BCUT2D eigenvalue weighted by Gasteiger charge is -2.28. The van der Waals surface area contributed by atoms with Crippen molar-refractivity contribution in [3.63, 3.8) is 0 Å². The quantitative estimate of drug-likeness (QED) is 0.822. The highest BCUT2D eigenvalue weighted by atomic mass is 32.1. The summed E-state index contributed by atoms with van der Waals surface area (Å²) in [5.41, 5.74) is -0.0798. The van der Waals surface area contributed by atoms with Gasteiger partial charge in [-0.15, -0.1) is 11.3 Å². The van der Waals surface area contributed by atoms with Crippen molar-refractivity contribution in [2.45, 2.75) is 65.1 Å². The van der Waals surface area contributed by atoms with Gasteiger partial charge in [0.1, 0.15) is 5.01 Å². The summed E-state index contributed by atoms with van der Waals surface area (Å²) in [7, 11) is 1.77. The Morgan fingerprint density at radius 1 is 1.44 bits per heavy atom. The molecule has 0 spiro atoms. The first-order valence-electron chi connectivity index (χ1n) is 6.63. The van der Waals surface area contributed by atoms with Gasteiger partial charge in [-0.05, 0) is 40.5 Å². The predicted molar refractivity (Wildman–Crippen MR) is 78.2 cm³/mol. The van der Waals surface area contributed by atoms with Gasteiger partial charge in [-0.25, -0.2) is 4.98 Å². The zero-order valence-corrected chi connectivity index (χ0v) is 13.2. The van der Waals surface area contributed by atoms with Crippen LogP contribution < -0.4 is 5.32 Å². The van der Waals surface area contributed by atoms with E-state index in [9.17, 15) is 0 Å². The highest BCUT2D eigenvalue weighted by Crippen LogP contribution is 2.22. The number of rotatable bonds is 7. The lowest BCUT2D eigenvalue weighted by atomic mass is 9.99. The molecule has 104 valence electrons. The SMILES string of the molecule is CCc1cnc(C(C)NC(C)CC(C)(C)OC)s1. The molecule has 0 aliphatic rings. The number of thiazole rings is 1. The van der Waals surface area contributed by atoms with E-state index < -0.39 is 0 Å². The summed E-state index contributed by atoms with van der Waals surface area (Å²) in [6, 6.07) is 0.710. The second kappa shape index (κ2) is 6.64. The molecule has 0 saturated heterocycles. The number of hydrogen-bond acceptors (Lipinski definition) is 4. The fraction of sp³-hybridized carbons (Fsp3) is 0.786. The number of nitrogens with zero attached hydrogens (tertiary/aromatic N) is 1. The van der Waals surface area contributed by atoms with Gasteiger partial charge in [0.15, 0.2) is 0 Å². The monoisotopic (exact) mass is 270 g/mol. The molecule has 0 amide bonds. The Kier molecular flexibility index (Phi) is 5.76. The Hall–Kier alpha value is -0.450. The smallest absolute Gasteiger partial charge is 0.109 e. The highest BCUT2D eigenvalue weighted by Gasteiger charge is 2.22. The van der Waals surface area contributed by atoms with E-state index >= 15 is 0 Å². The number of methoxy groups -OCH3 is 1. The first kappa shape index (κ1) is 15.6. The molecule has 0 saturated carbocycles. The molecule has 1 rings (SSSR count). The van der Waals surface area contributed by atoms with Gasteiger partial charge >= 0.3 is 0 Å². The van der Waals surface area contributed by atoms with Gasteiger partial charge in [0.25, 0.3) is 0 Å². The van der Waals surface area contributed by atoms with Crippen LogP contribution in [0.3, 0.4) is 0 Å². The first-order valence-corrected chi connectivity index (χ1v) is 7.45. The minimum atomic E-state index is -0.0798. The van der Waals surface area contributed by atoms with Crippen LogP contribution in [0.25, 0.3) is 0 Å².